The highest BCUT2D eigenvalue weighted by atomic mass is 19.4. The Morgan fingerprint density at radius 1 is 1.16 bits per heavy atom. The number of aliphatic carboxylic acids is 1. The minimum Gasteiger partial charge on any atom is -0.475 e. The highest BCUT2D eigenvalue weighted by Gasteiger charge is 2.38. The maximum absolute atomic E-state index is 14.3. The zero-order valence-electron chi connectivity index (χ0n) is 15.8. The van der Waals surface area contributed by atoms with Gasteiger partial charge in [0.2, 0.25) is 0 Å². The van der Waals surface area contributed by atoms with Crippen molar-refractivity contribution in [1.29, 1.82) is 0 Å². The Morgan fingerprint density at radius 3 is 2.48 bits per heavy atom. The molecule has 0 saturated heterocycles. The number of aromatic amines is 1. The van der Waals surface area contributed by atoms with E-state index in [-0.39, 0.29) is 5.91 Å². The zero-order valence-corrected chi connectivity index (χ0v) is 15.8. The summed E-state index contributed by atoms with van der Waals surface area (Å²) in [6, 6.07) is 10.6. The number of aromatic nitrogens is 2. The van der Waals surface area contributed by atoms with Gasteiger partial charge in [-0.3, -0.25) is 9.78 Å². The van der Waals surface area contributed by atoms with Crippen LogP contribution in [0.3, 0.4) is 0 Å². The van der Waals surface area contributed by atoms with Crippen LogP contribution in [0.4, 0.5) is 23.2 Å². The molecule has 31 heavy (non-hydrogen) atoms. The molecular weight excluding hydrogens is 420 g/mol. The lowest BCUT2D eigenvalue weighted by Crippen LogP contribution is -2.31. The summed E-state index contributed by atoms with van der Waals surface area (Å²) in [6.07, 6.45) is -3.19. The number of carbonyl (C=O) groups excluding carboxylic acids is 1. The number of nitrogens with one attached hydrogen (secondary N) is 2. The summed E-state index contributed by atoms with van der Waals surface area (Å²) in [6.45, 7) is 0.582. The molecular formula is C20H16F4N4O3. The lowest BCUT2D eigenvalue weighted by atomic mass is 10.1. The van der Waals surface area contributed by atoms with Gasteiger partial charge in [-0.25, -0.2) is 9.18 Å². The molecule has 0 spiro atoms. The molecule has 0 unspecified atom stereocenters. The number of nitrogens with zero attached hydrogens (tertiary/aromatic N) is 1. The van der Waals surface area contributed by atoms with Crippen molar-refractivity contribution in [1.82, 2.24) is 15.3 Å². The lowest BCUT2D eigenvalue weighted by Gasteiger charge is -2.11. The van der Waals surface area contributed by atoms with Gasteiger partial charge in [0.25, 0.3) is 5.91 Å². The molecule has 3 heterocycles. The molecule has 1 aromatic carbocycles. The van der Waals surface area contributed by atoms with Crippen molar-refractivity contribution in [2.24, 2.45) is 0 Å². The highest BCUT2D eigenvalue weighted by Crippen LogP contribution is 2.29. The third kappa shape index (κ3) is 5.00. The average Bonchev–Trinajstić information content (AvgIpc) is 3.13. The molecule has 5 N–H and O–H groups in total. The van der Waals surface area contributed by atoms with Gasteiger partial charge < -0.3 is 21.1 Å². The normalized spacial score (nSPS) is 13.0. The van der Waals surface area contributed by atoms with Crippen LogP contribution in [0, 0.1) is 5.82 Å². The van der Waals surface area contributed by atoms with Gasteiger partial charge >= 0.3 is 12.1 Å². The molecule has 162 valence electrons. The third-order valence-electron chi connectivity index (χ3n) is 4.37. The van der Waals surface area contributed by atoms with E-state index in [4.69, 9.17) is 15.6 Å². The van der Waals surface area contributed by atoms with Gasteiger partial charge in [0.1, 0.15) is 0 Å². The van der Waals surface area contributed by atoms with Crippen molar-refractivity contribution < 1.29 is 32.3 Å². The smallest absolute Gasteiger partial charge is 0.475 e. The lowest BCUT2D eigenvalue weighted by molar-refractivity contribution is -0.192. The standard InChI is InChI=1S/C18H15FN4O.C2HF3O2/c19-14-9-22-16(10-2-1-3-11(20)6-10)7-12(14)17-8-13-15(23-17)4-5-21-18(13)24;3-2(4,5)1(6)7/h1-3,6-9,23H,4-5,20H2,(H,21,24);(H,6,7). The Bertz CT molecular complexity index is 1140. The fourth-order valence-electron chi connectivity index (χ4n) is 2.94. The van der Waals surface area contributed by atoms with Gasteiger partial charge in [-0.1, -0.05) is 12.1 Å². The Kier molecular flexibility index (Phi) is 5.95. The van der Waals surface area contributed by atoms with Crippen molar-refractivity contribution >= 4 is 17.6 Å². The SMILES string of the molecule is Nc1cccc(-c2cc(-c3cc4c([nH]3)CCNC4=O)c(F)cn2)c1.O=C(O)C(F)(F)F. The largest absolute Gasteiger partial charge is 0.490 e. The summed E-state index contributed by atoms with van der Waals surface area (Å²) in [5.41, 5.74) is 10.2. The number of anilines is 1. The maximum Gasteiger partial charge on any atom is 0.490 e. The van der Waals surface area contributed by atoms with Crippen LogP contribution in [0.1, 0.15) is 16.1 Å². The summed E-state index contributed by atoms with van der Waals surface area (Å²) in [5, 5.41) is 9.91. The number of rotatable bonds is 2. The quantitative estimate of drug-likeness (QED) is 0.363. The van der Waals surface area contributed by atoms with Gasteiger partial charge in [-0.2, -0.15) is 13.2 Å². The van der Waals surface area contributed by atoms with Crippen LogP contribution in [-0.2, 0) is 11.2 Å². The van der Waals surface area contributed by atoms with E-state index in [0.29, 0.717) is 41.2 Å². The molecule has 0 atom stereocenters. The third-order valence-corrected chi connectivity index (χ3v) is 4.37. The van der Waals surface area contributed by atoms with Gasteiger partial charge in [0.05, 0.1) is 17.5 Å². The first kappa shape index (κ1) is 21.8. The van der Waals surface area contributed by atoms with E-state index in [9.17, 15) is 22.4 Å². The van der Waals surface area contributed by atoms with Gasteiger partial charge in [0.15, 0.2) is 5.82 Å². The second-order valence-corrected chi connectivity index (χ2v) is 6.56. The molecule has 0 fully saturated rings. The van der Waals surface area contributed by atoms with Crippen molar-refractivity contribution in [3.8, 4) is 22.5 Å². The monoisotopic (exact) mass is 436 g/mol. The Hall–Kier alpha value is -3.89. The number of H-pyrrole nitrogens is 1. The van der Waals surface area contributed by atoms with Crippen LogP contribution in [-0.4, -0.2) is 39.7 Å². The van der Waals surface area contributed by atoms with Gasteiger partial charge in [-0.05, 0) is 24.3 Å². The molecule has 1 aliphatic heterocycles. The molecule has 11 heteroatoms. The number of alkyl halides is 3. The molecule has 0 radical (unpaired) electrons. The number of nitrogens with two attached hydrogens (primary N) is 1. The number of carbonyl (C=O) groups is 2. The number of benzene rings is 1. The second-order valence-electron chi connectivity index (χ2n) is 6.56. The van der Waals surface area contributed by atoms with E-state index in [2.05, 4.69) is 15.3 Å². The molecule has 0 bridgehead atoms. The highest BCUT2D eigenvalue weighted by molar-refractivity contribution is 5.97. The summed E-state index contributed by atoms with van der Waals surface area (Å²) in [7, 11) is 0. The number of pyridine rings is 1. The van der Waals surface area contributed by atoms with E-state index in [1.807, 2.05) is 12.1 Å². The van der Waals surface area contributed by atoms with Crippen molar-refractivity contribution in [2.75, 3.05) is 12.3 Å². The van der Waals surface area contributed by atoms with Crippen LogP contribution in [0.2, 0.25) is 0 Å². The fraction of sp³-hybridized carbons (Fsp3) is 0.150. The zero-order chi connectivity index (χ0) is 22.8. The van der Waals surface area contributed by atoms with Crippen LogP contribution in [0.5, 0.6) is 0 Å². The van der Waals surface area contributed by atoms with Crippen molar-refractivity contribution in [3.63, 3.8) is 0 Å². The first-order chi connectivity index (χ1) is 14.6. The molecule has 4 rings (SSSR count). The maximum atomic E-state index is 14.3. The Labute approximate surface area is 172 Å². The van der Waals surface area contributed by atoms with Crippen LogP contribution < -0.4 is 11.1 Å². The number of hydrogen-bond acceptors (Lipinski definition) is 4. The number of amides is 1. The Balaban J connectivity index is 0.000000339. The first-order valence-electron chi connectivity index (χ1n) is 8.88. The van der Waals surface area contributed by atoms with Crippen LogP contribution in [0.15, 0.2) is 42.6 Å². The van der Waals surface area contributed by atoms with Gasteiger partial charge in [0, 0.05) is 41.2 Å². The Morgan fingerprint density at radius 2 is 1.87 bits per heavy atom. The fourth-order valence-corrected chi connectivity index (χ4v) is 2.94. The molecule has 0 aliphatic carbocycles. The topological polar surface area (TPSA) is 121 Å². The van der Waals surface area contributed by atoms with Crippen molar-refractivity contribution in [2.45, 2.75) is 12.6 Å². The van der Waals surface area contributed by atoms with E-state index in [1.165, 1.54) is 6.20 Å². The molecule has 1 amide bonds. The summed E-state index contributed by atoms with van der Waals surface area (Å²) < 4.78 is 46.0. The molecule has 1 aliphatic rings. The van der Waals surface area contributed by atoms with E-state index in [1.54, 1.807) is 24.3 Å². The predicted octanol–water partition coefficient (Wildman–Crippen LogP) is 3.38. The van der Waals surface area contributed by atoms with Gasteiger partial charge in [-0.15, -0.1) is 0 Å². The number of carboxylic acids is 1. The number of hydrogen-bond donors (Lipinski definition) is 4. The summed E-state index contributed by atoms with van der Waals surface area (Å²) in [4.78, 5) is 28.1. The average molecular weight is 436 g/mol. The van der Waals surface area contributed by atoms with Crippen LogP contribution >= 0.6 is 0 Å². The predicted molar refractivity (Wildman–Crippen MR) is 104 cm³/mol. The minimum atomic E-state index is -5.08. The number of fused-ring (bicyclic) bond motifs is 1. The summed E-state index contributed by atoms with van der Waals surface area (Å²) >= 11 is 0. The first-order valence-corrected chi connectivity index (χ1v) is 8.88. The number of nitrogen functional groups attached to an aromatic ring is 1. The molecule has 0 saturated carbocycles. The molecule has 2 aromatic heterocycles. The summed E-state index contributed by atoms with van der Waals surface area (Å²) in [5.74, 6) is -3.33. The van der Waals surface area contributed by atoms with E-state index < -0.39 is 18.0 Å². The minimum absolute atomic E-state index is 0.135. The van der Waals surface area contributed by atoms with Crippen molar-refractivity contribution in [3.05, 3.63) is 59.7 Å². The van der Waals surface area contributed by atoms with E-state index >= 15 is 0 Å². The number of halogens is 4. The molecule has 7 nitrogen and oxygen atoms in total. The second kappa shape index (κ2) is 8.46. The van der Waals surface area contributed by atoms with Crippen LogP contribution in [0.25, 0.3) is 22.5 Å². The number of carboxylic acid groups (broad SMARTS) is 1. The molecule has 3 aromatic rings. The van der Waals surface area contributed by atoms with E-state index in [0.717, 1.165) is 11.3 Å².